The molecule has 0 unspecified atom stereocenters. The van der Waals surface area contributed by atoms with E-state index in [0.717, 1.165) is 40.4 Å². The third kappa shape index (κ3) is 7.33. The second-order valence-corrected chi connectivity index (χ2v) is 9.97. The SMILES string of the molecule is CCCCCCCCc1cn2cc(-c3ccc(O[C@@H](C)CCCCCC)c(F)c3)sc2n1. The van der Waals surface area contributed by atoms with Crippen molar-refractivity contribution < 1.29 is 9.13 Å². The summed E-state index contributed by atoms with van der Waals surface area (Å²) in [6, 6.07) is 5.30. The molecule has 0 radical (unpaired) electrons. The Morgan fingerprint density at radius 2 is 1.69 bits per heavy atom. The first-order valence-electron chi connectivity index (χ1n) is 12.5. The van der Waals surface area contributed by atoms with Crippen LogP contribution in [0.3, 0.4) is 0 Å². The molecule has 1 atom stereocenters. The second-order valence-electron chi connectivity index (χ2n) is 8.96. The van der Waals surface area contributed by atoms with Crippen molar-refractivity contribution in [1.29, 1.82) is 0 Å². The number of halogens is 1. The lowest BCUT2D eigenvalue weighted by molar-refractivity contribution is 0.197. The Morgan fingerprint density at radius 1 is 0.969 bits per heavy atom. The van der Waals surface area contributed by atoms with E-state index in [-0.39, 0.29) is 11.9 Å². The van der Waals surface area contributed by atoms with Crippen LogP contribution in [0.1, 0.15) is 97.1 Å². The van der Waals surface area contributed by atoms with Gasteiger partial charge in [0, 0.05) is 12.4 Å². The highest BCUT2D eigenvalue weighted by molar-refractivity contribution is 7.20. The van der Waals surface area contributed by atoms with E-state index >= 15 is 0 Å². The molecule has 0 fully saturated rings. The molecule has 3 nitrogen and oxygen atoms in total. The van der Waals surface area contributed by atoms with Gasteiger partial charge in [-0.1, -0.05) is 76.6 Å². The Labute approximate surface area is 197 Å². The van der Waals surface area contributed by atoms with Gasteiger partial charge in [0.25, 0.3) is 0 Å². The number of imidazole rings is 1. The molecule has 0 amide bonds. The molecular formula is C27H39FN2OS. The van der Waals surface area contributed by atoms with Gasteiger partial charge in [0.05, 0.1) is 16.7 Å². The Hall–Kier alpha value is -1.88. The summed E-state index contributed by atoms with van der Waals surface area (Å²) in [7, 11) is 0. The first-order valence-corrected chi connectivity index (χ1v) is 13.4. The molecule has 1 aromatic carbocycles. The van der Waals surface area contributed by atoms with Crippen molar-refractivity contribution in [3.05, 3.63) is 42.1 Å². The van der Waals surface area contributed by atoms with E-state index in [1.807, 2.05) is 13.0 Å². The minimum Gasteiger partial charge on any atom is -0.488 e. The van der Waals surface area contributed by atoms with Gasteiger partial charge in [0.15, 0.2) is 16.5 Å². The lowest BCUT2D eigenvalue weighted by atomic mass is 10.1. The summed E-state index contributed by atoms with van der Waals surface area (Å²) in [5.41, 5.74) is 2.03. The number of hydrogen-bond acceptors (Lipinski definition) is 3. The van der Waals surface area contributed by atoms with E-state index < -0.39 is 0 Å². The maximum absolute atomic E-state index is 14.7. The first-order chi connectivity index (χ1) is 15.6. The topological polar surface area (TPSA) is 26.5 Å². The standard InChI is InChI=1S/C27H39FN2OS/c1-4-6-8-10-11-13-15-23-19-30-20-26(32-27(30)29-23)22-16-17-25(24(28)18-22)31-21(3)14-12-9-7-5-2/h16-21H,4-15H2,1-3H3/t21-/m0/s1. The number of benzene rings is 1. The average molecular weight is 459 g/mol. The highest BCUT2D eigenvalue weighted by atomic mass is 32.1. The van der Waals surface area contributed by atoms with Crippen LogP contribution in [0.5, 0.6) is 5.75 Å². The summed E-state index contributed by atoms with van der Waals surface area (Å²) in [6.07, 6.45) is 18.8. The normalized spacial score (nSPS) is 12.5. The van der Waals surface area contributed by atoms with Crippen molar-refractivity contribution in [2.45, 2.75) is 104 Å². The van der Waals surface area contributed by atoms with Gasteiger partial charge in [-0.15, -0.1) is 0 Å². The smallest absolute Gasteiger partial charge is 0.194 e. The summed E-state index contributed by atoms with van der Waals surface area (Å²) in [5.74, 6) is 0.0528. The number of aromatic nitrogens is 2. The highest BCUT2D eigenvalue weighted by Crippen LogP contribution is 2.32. The number of fused-ring (bicyclic) bond motifs is 1. The monoisotopic (exact) mass is 458 g/mol. The number of rotatable bonds is 15. The molecule has 0 spiro atoms. The van der Waals surface area contributed by atoms with Crippen molar-refractivity contribution in [3.63, 3.8) is 0 Å². The number of nitrogens with zero attached hydrogens (tertiary/aromatic N) is 2. The minimum absolute atomic E-state index is 0.0299. The number of ether oxygens (including phenoxy) is 1. The maximum Gasteiger partial charge on any atom is 0.194 e. The fourth-order valence-electron chi connectivity index (χ4n) is 4.07. The maximum atomic E-state index is 14.7. The molecule has 0 N–H and O–H groups in total. The van der Waals surface area contributed by atoms with Crippen molar-refractivity contribution >= 4 is 16.3 Å². The second kappa shape index (κ2) is 13.0. The van der Waals surface area contributed by atoms with E-state index in [0.29, 0.717) is 5.75 Å². The van der Waals surface area contributed by atoms with Gasteiger partial charge in [-0.2, -0.15) is 0 Å². The molecule has 32 heavy (non-hydrogen) atoms. The quantitative estimate of drug-likeness (QED) is 0.213. The molecule has 3 rings (SSSR count). The largest absolute Gasteiger partial charge is 0.488 e. The molecule has 0 bridgehead atoms. The van der Waals surface area contributed by atoms with E-state index in [1.165, 1.54) is 57.8 Å². The lowest BCUT2D eigenvalue weighted by Crippen LogP contribution is -2.12. The van der Waals surface area contributed by atoms with Crippen LogP contribution in [-0.4, -0.2) is 15.5 Å². The summed E-state index contributed by atoms with van der Waals surface area (Å²) in [5, 5.41) is 0. The first kappa shape index (κ1) is 24.8. The molecule has 3 aromatic rings. The molecule has 2 aromatic heterocycles. The molecule has 2 heterocycles. The average Bonchev–Trinajstić information content (AvgIpc) is 3.34. The van der Waals surface area contributed by atoms with Crippen molar-refractivity contribution in [2.75, 3.05) is 0 Å². The molecular weight excluding hydrogens is 419 g/mol. The van der Waals surface area contributed by atoms with E-state index in [1.54, 1.807) is 23.5 Å². The zero-order chi connectivity index (χ0) is 22.8. The van der Waals surface area contributed by atoms with Crippen LogP contribution in [0.2, 0.25) is 0 Å². The van der Waals surface area contributed by atoms with Crippen molar-refractivity contribution in [2.24, 2.45) is 0 Å². The van der Waals surface area contributed by atoms with Crippen molar-refractivity contribution in [1.82, 2.24) is 9.38 Å². The molecule has 0 aliphatic rings. The van der Waals surface area contributed by atoms with Gasteiger partial charge in [0.1, 0.15) is 0 Å². The van der Waals surface area contributed by atoms with E-state index in [2.05, 4.69) is 30.6 Å². The van der Waals surface area contributed by atoms with Gasteiger partial charge < -0.3 is 4.74 Å². The number of aryl methyl sites for hydroxylation is 1. The van der Waals surface area contributed by atoms with Crippen LogP contribution >= 0.6 is 11.3 Å². The van der Waals surface area contributed by atoms with Gasteiger partial charge in [-0.3, -0.25) is 4.40 Å². The lowest BCUT2D eigenvalue weighted by Gasteiger charge is -2.15. The van der Waals surface area contributed by atoms with Gasteiger partial charge in [0.2, 0.25) is 0 Å². The molecule has 5 heteroatoms. The summed E-state index contributed by atoms with van der Waals surface area (Å²) in [6.45, 7) is 6.48. The van der Waals surface area contributed by atoms with Gasteiger partial charge in [-0.25, -0.2) is 9.37 Å². The van der Waals surface area contributed by atoms with Gasteiger partial charge in [-0.05, 0) is 56.4 Å². The summed E-state index contributed by atoms with van der Waals surface area (Å²) < 4.78 is 22.6. The van der Waals surface area contributed by atoms with Crippen LogP contribution in [0.15, 0.2) is 30.6 Å². The number of hydrogen-bond donors (Lipinski definition) is 0. The summed E-state index contributed by atoms with van der Waals surface area (Å²) in [4.78, 5) is 6.78. The fraction of sp³-hybridized carbons (Fsp3) is 0.593. The predicted octanol–water partition coefficient (Wildman–Crippen LogP) is 8.84. The Balaban J connectivity index is 1.54. The molecule has 176 valence electrons. The Bertz CT molecular complexity index is 917. The third-order valence-electron chi connectivity index (χ3n) is 6.00. The Kier molecular flexibility index (Phi) is 10.0. The van der Waals surface area contributed by atoms with Crippen LogP contribution < -0.4 is 4.74 Å². The zero-order valence-electron chi connectivity index (χ0n) is 20.0. The zero-order valence-corrected chi connectivity index (χ0v) is 20.9. The predicted molar refractivity (Wildman–Crippen MR) is 134 cm³/mol. The van der Waals surface area contributed by atoms with Crippen LogP contribution in [0, 0.1) is 5.82 Å². The molecule has 0 aliphatic carbocycles. The minimum atomic E-state index is -0.294. The van der Waals surface area contributed by atoms with E-state index in [9.17, 15) is 4.39 Å². The highest BCUT2D eigenvalue weighted by Gasteiger charge is 2.13. The summed E-state index contributed by atoms with van der Waals surface area (Å²) >= 11 is 1.61. The van der Waals surface area contributed by atoms with Crippen LogP contribution in [0.4, 0.5) is 4.39 Å². The van der Waals surface area contributed by atoms with Crippen LogP contribution in [0.25, 0.3) is 15.4 Å². The third-order valence-corrected chi connectivity index (χ3v) is 7.05. The molecule has 0 saturated carbocycles. The Morgan fingerprint density at radius 3 is 2.41 bits per heavy atom. The number of thiazole rings is 1. The van der Waals surface area contributed by atoms with Gasteiger partial charge >= 0.3 is 0 Å². The molecule has 0 saturated heterocycles. The van der Waals surface area contributed by atoms with Crippen molar-refractivity contribution in [3.8, 4) is 16.2 Å². The number of unbranched alkanes of at least 4 members (excludes halogenated alkanes) is 8. The fourth-order valence-corrected chi connectivity index (χ4v) is 5.05. The van der Waals surface area contributed by atoms with E-state index in [4.69, 9.17) is 9.72 Å². The van der Waals surface area contributed by atoms with Crippen LogP contribution in [-0.2, 0) is 6.42 Å². The molecule has 0 aliphatic heterocycles.